The highest BCUT2D eigenvalue weighted by atomic mass is 16.3. The minimum Gasteiger partial charge on any atom is -0.394 e. The number of fused-ring (bicyclic) bond motifs is 1. The van der Waals surface area contributed by atoms with Crippen molar-refractivity contribution in [1.29, 1.82) is 0 Å². The van der Waals surface area contributed by atoms with Crippen LogP contribution in [0.5, 0.6) is 0 Å². The molecule has 3 aromatic rings. The molecule has 0 saturated carbocycles. The second kappa shape index (κ2) is 7.57. The lowest BCUT2D eigenvalue weighted by molar-refractivity contribution is -0.141. The van der Waals surface area contributed by atoms with E-state index in [2.05, 4.69) is 9.97 Å². The second-order valence-corrected chi connectivity index (χ2v) is 7.02. The Morgan fingerprint density at radius 2 is 2.04 bits per heavy atom. The van der Waals surface area contributed by atoms with Gasteiger partial charge in [-0.05, 0) is 18.1 Å². The number of Topliss-reactive ketones (excluding diaryl/α,β-unsaturated/α-hetero) is 1. The van der Waals surface area contributed by atoms with Crippen LogP contribution in [0.25, 0.3) is 10.9 Å². The molecular weight excluding hydrogens is 360 g/mol. The number of hydrogen-bond acceptors (Lipinski definition) is 5. The average Bonchev–Trinajstić information content (AvgIpc) is 3.42. The number of nitrogens with one attached hydrogen (secondary N) is 1. The van der Waals surface area contributed by atoms with E-state index in [1.165, 1.54) is 4.90 Å². The highest BCUT2D eigenvalue weighted by molar-refractivity contribution is 6.41. The van der Waals surface area contributed by atoms with Crippen LogP contribution in [0, 0.1) is 0 Å². The summed E-state index contributed by atoms with van der Waals surface area (Å²) in [5, 5.41) is 20.9. The molecule has 4 rings (SSSR count). The Morgan fingerprint density at radius 3 is 2.79 bits per heavy atom. The molecule has 8 heteroatoms. The van der Waals surface area contributed by atoms with E-state index in [4.69, 9.17) is 0 Å². The SMILES string of the molecule is O=C1C(=O)N(CCCn2ccnc2)C(C(O)CO)C1c1c[nH]c2ccccc12. The Balaban J connectivity index is 1.63. The monoisotopic (exact) mass is 382 g/mol. The highest BCUT2D eigenvalue weighted by Gasteiger charge is 2.51. The number of carbonyl (C=O) groups excluding carboxylic acids is 2. The quantitative estimate of drug-likeness (QED) is 0.520. The number of rotatable bonds is 7. The molecule has 3 unspecified atom stereocenters. The van der Waals surface area contributed by atoms with Crippen molar-refractivity contribution >= 4 is 22.6 Å². The number of ketones is 1. The van der Waals surface area contributed by atoms with Crippen LogP contribution in [0.3, 0.4) is 0 Å². The summed E-state index contributed by atoms with van der Waals surface area (Å²) in [6.45, 7) is 0.420. The Hall–Kier alpha value is -2.97. The van der Waals surface area contributed by atoms with E-state index in [1.54, 1.807) is 18.7 Å². The van der Waals surface area contributed by atoms with Gasteiger partial charge in [0.25, 0.3) is 5.91 Å². The summed E-state index contributed by atoms with van der Waals surface area (Å²) in [6.07, 6.45) is 6.30. The molecule has 8 nitrogen and oxygen atoms in total. The van der Waals surface area contributed by atoms with Crippen molar-refractivity contribution in [1.82, 2.24) is 19.4 Å². The minimum atomic E-state index is -1.21. The maximum atomic E-state index is 12.9. The number of aromatic nitrogens is 3. The van der Waals surface area contributed by atoms with E-state index in [0.29, 0.717) is 25.1 Å². The van der Waals surface area contributed by atoms with Crippen LogP contribution < -0.4 is 0 Å². The molecule has 3 heterocycles. The van der Waals surface area contributed by atoms with Gasteiger partial charge in [-0.2, -0.15) is 0 Å². The Labute approximate surface area is 161 Å². The number of nitrogens with zero attached hydrogens (tertiary/aromatic N) is 3. The second-order valence-electron chi connectivity index (χ2n) is 7.02. The van der Waals surface area contributed by atoms with Crippen LogP contribution in [0.4, 0.5) is 0 Å². The number of aromatic amines is 1. The molecule has 1 aliphatic rings. The molecule has 1 amide bonds. The molecule has 1 fully saturated rings. The van der Waals surface area contributed by atoms with E-state index < -0.39 is 36.4 Å². The molecule has 3 N–H and O–H groups in total. The van der Waals surface area contributed by atoms with Gasteiger partial charge in [-0.3, -0.25) is 9.59 Å². The predicted molar refractivity (Wildman–Crippen MR) is 101 cm³/mol. The zero-order chi connectivity index (χ0) is 19.7. The normalized spacial score (nSPS) is 21.0. The van der Waals surface area contributed by atoms with Gasteiger partial charge in [0, 0.05) is 42.6 Å². The lowest BCUT2D eigenvalue weighted by atomic mass is 9.87. The van der Waals surface area contributed by atoms with Gasteiger partial charge in [0.1, 0.15) is 0 Å². The van der Waals surface area contributed by atoms with Crippen molar-refractivity contribution in [3.63, 3.8) is 0 Å². The number of aryl methyl sites for hydroxylation is 1. The summed E-state index contributed by atoms with van der Waals surface area (Å²) >= 11 is 0. The molecule has 2 aromatic heterocycles. The smallest absolute Gasteiger partial charge is 0.291 e. The minimum absolute atomic E-state index is 0.309. The van der Waals surface area contributed by atoms with Crippen molar-refractivity contribution in [2.45, 2.75) is 31.0 Å². The van der Waals surface area contributed by atoms with Gasteiger partial charge in [0.15, 0.2) is 0 Å². The molecule has 0 bridgehead atoms. The first-order valence-electron chi connectivity index (χ1n) is 9.27. The van der Waals surface area contributed by atoms with Crippen LogP contribution in [-0.2, 0) is 16.1 Å². The molecule has 28 heavy (non-hydrogen) atoms. The van der Waals surface area contributed by atoms with Gasteiger partial charge in [0.05, 0.1) is 31.0 Å². The number of hydrogen-bond donors (Lipinski definition) is 3. The van der Waals surface area contributed by atoms with Crippen LogP contribution in [0.15, 0.2) is 49.2 Å². The number of H-pyrrole nitrogens is 1. The predicted octanol–water partition coefficient (Wildman–Crippen LogP) is 0.671. The molecule has 0 aliphatic carbocycles. The lowest BCUT2D eigenvalue weighted by Gasteiger charge is -2.30. The van der Waals surface area contributed by atoms with E-state index in [0.717, 1.165) is 10.9 Å². The first-order valence-corrected chi connectivity index (χ1v) is 9.27. The third kappa shape index (κ3) is 3.10. The number of amides is 1. The zero-order valence-corrected chi connectivity index (χ0v) is 15.2. The standard InChI is InChI=1S/C20H22N4O4/c25-11-16(26)18-17(14-10-22-15-5-2-1-4-13(14)15)19(27)20(28)24(18)8-3-7-23-9-6-21-12-23/h1-2,4-6,9-10,12,16-18,22,25-26H,3,7-8,11H2. The van der Waals surface area contributed by atoms with Crippen molar-refractivity contribution in [2.24, 2.45) is 0 Å². The van der Waals surface area contributed by atoms with Crippen molar-refractivity contribution in [3.05, 3.63) is 54.7 Å². The zero-order valence-electron chi connectivity index (χ0n) is 15.2. The van der Waals surface area contributed by atoms with Gasteiger partial charge in [-0.1, -0.05) is 18.2 Å². The molecule has 146 valence electrons. The number of likely N-dealkylation sites (tertiary alicyclic amines) is 1. The number of aliphatic hydroxyl groups is 2. The Morgan fingerprint density at radius 1 is 1.21 bits per heavy atom. The van der Waals surface area contributed by atoms with E-state index >= 15 is 0 Å². The first kappa shape index (κ1) is 18.4. The van der Waals surface area contributed by atoms with Crippen LogP contribution >= 0.6 is 0 Å². The van der Waals surface area contributed by atoms with Gasteiger partial charge in [-0.25, -0.2) is 4.98 Å². The van der Waals surface area contributed by atoms with Gasteiger partial charge >= 0.3 is 0 Å². The van der Waals surface area contributed by atoms with Gasteiger partial charge in [-0.15, -0.1) is 0 Å². The number of imidazole rings is 1. The number of para-hydroxylation sites is 1. The van der Waals surface area contributed by atoms with Crippen LogP contribution in [0.2, 0.25) is 0 Å². The van der Waals surface area contributed by atoms with Crippen molar-refractivity contribution in [2.75, 3.05) is 13.2 Å². The van der Waals surface area contributed by atoms with Crippen LogP contribution in [-0.4, -0.2) is 66.6 Å². The molecule has 1 aliphatic heterocycles. The molecule has 3 atom stereocenters. The summed E-state index contributed by atoms with van der Waals surface area (Å²) in [7, 11) is 0. The van der Waals surface area contributed by atoms with Crippen molar-refractivity contribution in [3.8, 4) is 0 Å². The number of benzene rings is 1. The fourth-order valence-electron chi connectivity index (χ4n) is 4.05. The van der Waals surface area contributed by atoms with Crippen LogP contribution in [0.1, 0.15) is 17.9 Å². The maximum Gasteiger partial charge on any atom is 0.291 e. The Bertz CT molecular complexity index is 981. The summed E-state index contributed by atoms with van der Waals surface area (Å²) in [5.74, 6) is -1.98. The van der Waals surface area contributed by atoms with E-state index in [9.17, 15) is 19.8 Å². The largest absolute Gasteiger partial charge is 0.394 e. The highest BCUT2D eigenvalue weighted by Crippen LogP contribution is 2.37. The molecule has 1 aromatic carbocycles. The van der Waals surface area contributed by atoms with E-state index in [-0.39, 0.29) is 0 Å². The van der Waals surface area contributed by atoms with Crippen molar-refractivity contribution < 1.29 is 19.8 Å². The third-order valence-electron chi connectivity index (χ3n) is 5.37. The fourth-order valence-corrected chi connectivity index (χ4v) is 4.05. The number of carbonyl (C=O) groups is 2. The topological polar surface area (TPSA) is 111 Å². The summed E-state index contributed by atoms with van der Waals surface area (Å²) in [4.78, 5) is 34.1. The molecule has 0 radical (unpaired) electrons. The first-order chi connectivity index (χ1) is 13.6. The average molecular weight is 382 g/mol. The fraction of sp³-hybridized carbons (Fsp3) is 0.350. The van der Waals surface area contributed by atoms with Gasteiger partial charge < -0.3 is 24.7 Å². The summed E-state index contributed by atoms with van der Waals surface area (Å²) in [5.41, 5.74) is 1.53. The molecule has 0 spiro atoms. The lowest BCUT2D eigenvalue weighted by Crippen LogP contribution is -2.45. The summed E-state index contributed by atoms with van der Waals surface area (Å²) < 4.78 is 1.89. The molecule has 1 saturated heterocycles. The Kier molecular flexibility index (Phi) is 4.97. The third-order valence-corrected chi connectivity index (χ3v) is 5.37. The maximum absolute atomic E-state index is 12.9. The molecular formula is C20H22N4O4. The van der Waals surface area contributed by atoms with Gasteiger partial charge in [0.2, 0.25) is 5.78 Å². The number of aliphatic hydroxyl groups excluding tert-OH is 2. The summed E-state index contributed by atoms with van der Waals surface area (Å²) in [6, 6.07) is 6.71. The van der Waals surface area contributed by atoms with E-state index in [1.807, 2.05) is 35.0 Å².